The zero-order chi connectivity index (χ0) is 20.6. The van der Waals surface area contributed by atoms with Crippen molar-refractivity contribution in [1.82, 2.24) is 5.32 Å². The molecule has 0 aliphatic carbocycles. The number of anilines is 1. The second-order valence-electron chi connectivity index (χ2n) is 6.20. The molecule has 7 nitrogen and oxygen atoms in total. The van der Waals surface area contributed by atoms with Crippen LogP contribution in [-0.4, -0.2) is 48.8 Å². The maximum Gasteiger partial charge on any atom is 0.190 e. The molecule has 4 N–H and O–H groups in total. The highest BCUT2D eigenvalue weighted by Gasteiger charge is 2.09. The van der Waals surface area contributed by atoms with Gasteiger partial charge in [-0.3, -0.25) is 4.18 Å². The minimum Gasteiger partial charge on any atom is -0.491 e. The Morgan fingerprint density at radius 1 is 1.21 bits per heavy atom. The Hall–Kier alpha value is -1.84. The number of aliphatic hydroxyl groups excluding tert-OH is 1. The van der Waals surface area contributed by atoms with Gasteiger partial charge in [-0.1, -0.05) is 11.6 Å². The predicted molar refractivity (Wildman–Crippen MR) is 112 cm³/mol. The van der Waals surface area contributed by atoms with E-state index < -0.39 is 16.1 Å². The largest absolute Gasteiger partial charge is 0.491 e. The first-order valence-electron chi connectivity index (χ1n) is 8.78. The highest BCUT2D eigenvalue weighted by molar-refractivity contribution is 7.87. The third-order valence-electron chi connectivity index (χ3n) is 3.98. The summed E-state index contributed by atoms with van der Waals surface area (Å²) in [5, 5.41) is 17.2. The molecule has 28 heavy (non-hydrogen) atoms. The molecule has 0 fully saturated rings. The van der Waals surface area contributed by atoms with Crippen LogP contribution in [0.3, 0.4) is 0 Å². The second kappa shape index (κ2) is 10.6. The molecular formula is C19H26ClN3O4S. The van der Waals surface area contributed by atoms with Gasteiger partial charge in [0.05, 0.1) is 12.0 Å². The van der Waals surface area contributed by atoms with E-state index in [0.29, 0.717) is 25.4 Å². The fourth-order valence-electron chi connectivity index (χ4n) is 2.38. The van der Waals surface area contributed by atoms with E-state index in [0.717, 1.165) is 16.3 Å². The van der Waals surface area contributed by atoms with E-state index in [4.69, 9.17) is 21.1 Å². The van der Waals surface area contributed by atoms with Gasteiger partial charge in [0.1, 0.15) is 18.5 Å². The van der Waals surface area contributed by atoms with Crippen molar-refractivity contribution in [2.75, 3.05) is 38.7 Å². The van der Waals surface area contributed by atoms with E-state index in [-0.39, 0.29) is 11.5 Å². The average Bonchev–Trinajstić information content (AvgIpc) is 2.69. The summed E-state index contributed by atoms with van der Waals surface area (Å²) in [7, 11) is -1.98. The van der Waals surface area contributed by atoms with E-state index in [1.807, 2.05) is 25.1 Å². The number of halogens is 1. The van der Waals surface area contributed by atoms with Gasteiger partial charge in [0.2, 0.25) is 0 Å². The second-order valence-corrected chi connectivity index (χ2v) is 8.42. The SMILES string of the molecule is COS(=N)(=O)c1ccc(OCC(O)CNCCNc2ccc(Cl)c(C)c2)cc1. The van der Waals surface area contributed by atoms with Crippen molar-refractivity contribution in [3.8, 4) is 5.75 Å². The molecule has 9 heteroatoms. The summed E-state index contributed by atoms with van der Waals surface area (Å²) in [6.45, 7) is 3.86. The monoisotopic (exact) mass is 427 g/mol. The van der Waals surface area contributed by atoms with Crippen LogP contribution in [-0.2, 0) is 14.2 Å². The molecule has 0 aliphatic rings. The lowest BCUT2D eigenvalue weighted by Gasteiger charge is -2.14. The molecule has 2 atom stereocenters. The van der Waals surface area contributed by atoms with Crippen LogP contribution in [0, 0.1) is 11.7 Å². The first-order valence-corrected chi connectivity index (χ1v) is 10.6. The number of nitrogens with one attached hydrogen (secondary N) is 3. The van der Waals surface area contributed by atoms with Crippen molar-refractivity contribution in [2.24, 2.45) is 0 Å². The summed E-state index contributed by atoms with van der Waals surface area (Å²) in [6, 6.07) is 12.0. The van der Waals surface area contributed by atoms with Crippen molar-refractivity contribution in [1.29, 1.82) is 4.78 Å². The topological polar surface area (TPSA) is 104 Å². The standard InChI is InChI=1S/C19H26ClN3O4S/c1-14-11-15(3-8-19(14)20)23-10-9-22-12-16(24)13-27-17-4-6-18(7-5-17)28(21,25)26-2/h3-8,11,16,21-24H,9-10,12-13H2,1-2H3. The first kappa shape index (κ1) is 22.4. The van der Waals surface area contributed by atoms with E-state index >= 15 is 0 Å². The molecule has 2 rings (SSSR count). The Bertz CT molecular complexity index is 860. The summed E-state index contributed by atoms with van der Waals surface area (Å²) in [5.74, 6) is 0.522. The molecule has 2 aromatic carbocycles. The van der Waals surface area contributed by atoms with Gasteiger partial charge in [0.15, 0.2) is 10.0 Å². The van der Waals surface area contributed by atoms with Crippen LogP contribution in [0.4, 0.5) is 5.69 Å². The molecular weight excluding hydrogens is 402 g/mol. The molecule has 2 aromatic rings. The van der Waals surface area contributed by atoms with Gasteiger partial charge in [-0.25, -0.2) is 8.99 Å². The molecule has 0 amide bonds. The number of benzene rings is 2. The summed E-state index contributed by atoms with van der Waals surface area (Å²) >= 11 is 6.00. The molecule has 0 aliphatic heterocycles. The highest BCUT2D eigenvalue weighted by Crippen LogP contribution is 2.19. The van der Waals surface area contributed by atoms with Gasteiger partial charge in [-0.2, -0.15) is 0 Å². The van der Waals surface area contributed by atoms with Crippen LogP contribution in [0.2, 0.25) is 5.02 Å². The fourth-order valence-corrected chi connectivity index (χ4v) is 3.19. The Balaban J connectivity index is 1.64. The number of hydrogen-bond donors (Lipinski definition) is 4. The minimum absolute atomic E-state index is 0.122. The Kier molecular flexibility index (Phi) is 8.53. The minimum atomic E-state index is -3.22. The molecule has 0 heterocycles. The number of aryl methyl sites for hydroxylation is 1. The fraction of sp³-hybridized carbons (Fsp3) is 0.368. The lowest BCUT2D eigenvalue weighted by Crippen LogP contribution is -2.34. The lowest BCUT2D eigenvalue weighted by atomic mass is 10.2. The van der Waals surface area contributed by atoms with E-state index in [9.17, 15) is 9.32 Å². The molecule has 0 spiro atoms. The lowest BCUT2D eigenvalue weighted by molar-refractivity contribution is 0.107. The van der Waals surface area contributed by atoms with Crippen LogP contribution >= 0.6 is 11.6 Å². The van der Waals surface area contributed by atoms with Crippen molar-refractivity contribution in [3.63, 3.8) is 0 Å². The smallest absolute Gasteiger partial charge is 0.190 e. The van der Waals surface area contributed by atoms with Crippen LogP contribution in [0.25, 0.3) is 0 Å². The Morgan fingerprint density at radius 2 is 1.93 bits per heavy atom. The molecule has 0 bridgehead atoms. The maximum absolute atomic E-state index is 11.8. The van der Waals surface area contributed by atoms with Crippen molar-refractivity contribution >= 4 is 27.3 Å². The van der Waals surface area contributed by atoms with Crippen LogP contribution in [0.1, 0.15) is 5.56 Å². The van der Waals surface area contributed by atoms with Crippen molar-refractivity contribution < 1.29 is 18.2 Å². The van der Waals surface area contributed by atoms with Gasteiger partial charge in [-0.15, -0.1) is 0 Å². The zero-order valence-electron chi connectivity index (χ0n) is 15.9. The molecule has 2 unspecified atom stereocenters. The normalized spacial score (nSPS) is 14.3. The van der Waals surface area contributed by atoms with Gasteiger partial charge in [0.25, 0.3) is 0 Å². The quantitative estimate of drug-likeness (QED) is 0.411. The Labute approximate surface area is 171 Å². The summed E-state index contributed by atoms with van der Waals surface area (Å²) in [5.41, 5.74) is 2.02. The third kappa shape index (κ3) is 6.96. The van der Waals surface area contributed by atoms with E-state index in [2.05, 4.69) is 14.8 Å². The summed E-state index contributed by atoms with van der Waals surface area (Å²) in [4.78, 5) is 0.271. The highest BCUT2D eigenvalue weighted by atomic mass is 35.5. The predicted octanol–water partition coefficient (Wildman–Crippen LogP) is 3.06. The first-order chi connectivity index (χ1) is 13.3. The van der Waals surface area contributed by atoms with Crippen LogP contribution in [0.5, 0.6) is 5.75 Å². The number of ether oxygens (including phenoxy) is 1. The summed E-state index contributed by atoms with van der Waals surface area (Å²) < 4.78 is 29.5. The van der Waals surface area contributed by atoms with E-state index in [1.165, 1.54) is 19.2 Å². The number of hydrogen-bond acceptors (Lipinski definition) is 7. The molecule has 0 radical (unpaired) electrons. The summed E-state index contributed by atoms with van der Waals surface area (Å²) in [6.07, 6.45) is -0.670. The molecule has 0 saturated heterocycles. The van der Waals surface area contributed by atoms with Crippen LogP contribution < -0.4 is 15.4 Å². The van der Waals surface area contributed by atoms with Gasteiger partial charge < -0.3 is 20.5 Å². The van der Waals surface area contributed by atoms with Gasteiger partial charge in [0, 0.05) is 30.3 Å². The number of aliphatic hydroxyl groups is 1. The van der Waals surface area contributed by atoms with E-state index in [1.54, 1.807) is 12.1 Å². The third-order valence-corrected chi connectivity index (χ3v) is 5.77. The average molecular weight is 428 g/mol. The number of rotatable bonds is 11. The van der Waals surface area contributed by atoms with Gasteiger partial charge >= 0.3 is 0 Å². The molecule has 0 saturated carbocycles. The van der Waals surface area contributed by atoms with Gasteiger partial charge in [-0.05, 0) is 55.0 Å². The van der Waals surface area contributed by atoms with Crippen molar-refractivity contribution in [2.45, 2.75) is 17.9 Å². The zero-order valence-corrected chi connectivity index (χ0v) is 17.5. The molecule has 154 valence electrons. The Morgan fingerprint density at radius 3 is 2.57 bits per heavy atom. The maximum atomic E-state index is 11.8. The molecule has 0 aromatic heterocycles. The van der Waals surface area contributed by atoms with Crippen molar-refractivity contribution in [3.05, 3.63) is 53.1 Å². The van der Waals surface area contributed by atoms with Crippen LogP contribution in [0.15, 0.2) is 47.4 Å².